The first-order chi connectivity index (χ1) is 22.6. The number of nitrogens with one attached hydrogen (secondary N) is 3. The molecule has 0 radical (unpaired) electrons. The summed E-state index contributed by atoms with van der Waals surface area (Å²) in [4.78, 5) is 2.50. The van der Waals surface area contributed by atoms with Gasteiger partial charge in [0.05, 0.1) is 42.9 Å². The van der Waals surface area contributed by atoms with Crippen LogP contribution in [0, 0.1) is 5.92 Å². The van der Waals surface area contributed by atoms with Crippen molar-refractivity contribution in [1.29, 1.82) is 0 Å². The van der Waals surface area contributed by atoms with Gasteiger partial charge in [0.2, 0.25) is 0 Å². The fraction of sp³-hybridized carbons (Fsp3) is 0.658. The van der Waals surface area contributed by atoms with Crippen LogP contribution in [0.5, 0.6) is 0 Å². The average molecular weight is 763 g/mol. The van der Waals surface area contributed by atoms with Gasteiger partial charge in [-0.15, -0.1) is 0 Å². The monoisotopic (exact) mass is 761 g/mol. The van der Waals surface area contributed by atoms with Crippen molar-refractivity contribution < 1.29 is 29.9 Å². The fourth-order valence-corrected chi connectivity index (χ4v) is 10.6. The second-order valence-corrected chi connectivity index (χ2v) is 17.3. The first-order valence-corrected chi connectivity index (χ1v) is 20.5. The van der Waals surface area contributed by atoms with Crippen molar-refractivity contribution in [3.63, 3.8) is 0 Å². The maximum Gasteiger partial charge on any atom is 0.180 e. The van der Waals surface area contributed by atoms with E-state index in [4.69, 9.17) is 12.2 Å². The van der Waals surface area contributed by atoms with Crippen molar-refractivity contribution in [3.05, 3.63) is 53.6 Å². The summed E-state index contributed by atoms with van der Waals surface area (Å²) in [5.74, 6) is 1.12. The topological polar surface area (TPSA) is 73.5 Å². The average Bonchev–Trinajstić information content (AvgIpc) is 3.16. The molecule has 2 bridgehead atoms. The number of halogens is 1. The van der Waals surface area contributed by atoms with Crippen LogP contribution in [0.3, 0.4) is 0 Å². The SMILES string of the molecule is CCCCCC1(CCCCC)CS(=O)(=O)c2ccc(N(C)C)cc2C(c2cccc(NC(=S)NCCC[N+]34CCC(CC3)CC4)c2)N1.[Br-]. The summed E-state index contributed by atoms with van der Waals surface area (Å²) in [7, 11) is 0.485. The first kappa shape index (κ1) is 39.1. The van der Waals surface area contributed by atoms with E-state index in [0.717, 1.165) is 92.8 Å². The van der Waals surface area contributed by atoms with Gasteiger partial charge < -0.3 is 37.0 Å². The Morgan fingerprint density at radius 3 is 2.25 bits per heavy atom. The van der Waals surface area contributed by atoms with E-state index in [9.17, 15) is 8.42 Å². The number of nitrogens with zero attached hydrogens (tertiary/aromatic N) is 2. The van der Waals surface area contributed by atoms with Gasteiger partial charge in [0.25, 0.3) is 0 Å². The molecule has 48 heavy (non-hydrogen) atoms. The number of hydrogen-bond acceptors (Lipinski definition) is 5. The molecular weight excluding hydrogens is 702 g/mol. The van der Waals surface area contributed by atoms with Crippen molar-refractivity contribution in [2.75, 3.05) is 62.8 Å². The van der Waals surface area contributed by atoms with Crippen LogP contribution in [0.1, 0.15) is 108 Å². The highest BCUT2D eigenvalue weighted by atomic mass is 79.9. The lowest BCUT2D eigenvalue weighted by Gasteiger charge is -2.49. The van der Waals surface area contributed by atoms with Crippen molar-refractivity contribution >= 4 is 38.5 Å². The maximum absolute atomic E-state index is 14.2. The highest BCUT2D eigenvalue weighted by molar-refractivity contribution is 7.91. The molecule has 4 aliphatic heterocycles. The molecule has 1 atom stereocenters. The second kappa shape index (κ2) is 17.5. The minimum absolute atomic E-state index is 0. The van der Waals surface area contributed by atoms with Gasteiger partial charge in [-0.25, -0.2) is 8.42 Å². The number of anilines is 2. The van der Waals surface area contributed by atoms with E-state index in [2.05, 4.69) is 54.1 Å². The third kappa shape index (κ3) is 9.74. The first-order valence-electron chi connectivity index (χ1n) is 18.4. The Balaban J connectivity index is 0.00000520. The van der Waals surface area contributed by atoms with E-state index in [1.165, 1.54) is 49.9 Å². The Kier molecular flexibility index (Phi) is 14.2. The molecule has 2 aromatic carbocycles. The van der Waals surface area contributed by atoms with Crippen molar-refractivity contribution in [3.8, 4) is 0 Å². The number of piperidine rings is 3. The number of rotatable bonds is 15. The predicted octanol–water partition coefficient (Wildman–Crippen LogP) is 4.43. The van der Waals surface area contributed by atoms with Crippen LogP contribution in [0.2, 0.25) is 0 Å². The zero-order valence-corrected chi connectivity index (χ0v) is 33.0. The van der Waals surface area contributed by atoms with Crippen LogP contribution in [-0.4, -0.2) is 76.1 Å². The fourth-order valence-electron chi connectivity index (χ4n) is 8.35. The number of unbranched alkanes of at least 4 members (excludes halogenated alkanes) is 4. The van der Waals surface area contributed by atoms with Crippen molar-refractivity contribution in [2.45, 2.75) is 107 Å². The maximum atomic E-state index is 14.2. The molecule has 3 saturated heterocycles. The van der Waals surface area contributed by atoms with Crippen LogP contribution in [-0.2, 0) is 9.84 Å². The molecule has 0 aliphatic carbocycles. The van der Waals surface area contributed by atoms with E-state index in [0.29, 0.717) is 10.0 Å². The van der Waals surface area contributed by atoms with Crippen LogP contribution >= 0.6 is 12.2 Å². The normalized spacial score (nSPS) is 23.8. The molecule has 4 aliphatic rings. The summed E-state index contributed by atoms with van der Waals surface area (Å²) in [5, 5.41) is 11.6. The van der Waals surface area contributed by atoms with Gasteiger partial charge in [0, 0.05) is 44.0 Å². The van der Waals surface area contributed by atoms with Crippen molar-refractivity contribution in [2.24, 2.45) is 5.92 Å². The highest BCUT2D eigenvalue weighted by Gasteiger charge is 2.43. The Morgan fingerprint density at radius 2 is 1.62 bits per heavy atom. The van der Waals surface area contributed by atoms with Gasteiger partial charge >= 0.3 is 0 Å². The van der Waals surface area contributed by atoms with Gasteiger partial charge in [0.15, 0.2) is 14.9 Å². The molecule has 2 aromatic rings. The van der Waals surface area contributed by atoms with Crippen LogP contribution in [0.15, 0.2) is 47.4 Å². The van der Waals surface area contributed by atoms with Crippen LogP contribution in [0.4, 0.5) is 11.4 Å². The number of quaternary nitrogens is 1. The molecule has 3 N–H and O–H groups in total. The minimum atomic E-state index is -3.53. The third-order valence-electron chi connectivity index (χ3n) is 11.2. The van der Waals surface area contributed by atoms with Crippen LogP contribution < -0.4 is 37.8 Å². The third-order valence-corrected chi connectivity index (χ3v) is 13.4. The van der Waals surface area contributed by atoms with E-state index >= 15 is 0 Å². The molecule has 3 fully saturated rings. The lowest BCUT2D eigenvalue weighted by atomic mass is 9.85. The summed E-state index contributed by atoms with van der Waals surface area (Å²) in [6.45, 7) is 10.6. The summed E-state index contributed by atoms with van der Waals surface area (Å²) < 4.78 is 29.7. The van der Waals surface area contributed by atoms with Crippen LogP contribution in [0.25, 0.3) is 0 Å². The van der Waals surface area contributed by atoms with Gasteiger partial charge in [-0.1, -0.05) is 64.5 Å². The zero-order chi connectivity index (χ0) is 33.5. The van der Waals surface area contributed by atoms with E-state index < -0.39 is 15.4 Å². The Bertz CT molecular complexity index is 1430. The summed E-state index contributed by atoms with van der Waals surface area (Å²) in [6, 6.07) is 14.0. The lowest BCUT2D eigenvalue weighted by molar-refractivity contribution is -0.942. The second-order valence-electron chi connectivity index (χ2n) is 15.0. The molecule has 0 amide bonds. The molecule has 0 saturated carbocycles. The summed E-state index contributed by atoms with van der Waals surface area (Å²) >= 11 is 5.76. The molecule has 0 aromatic heterocycles. The predicted molar refractivity (Wildman–Crippen MR) is 201 cm³/mol. The van der Waals surface area contributed by atoms with Gasteiger partial charge in [-0.05, 0) is 91.7 Å². The molecule has 10 heteroatoms. The van der Waals surface area contributed by atoms with Gasteiger partial charge in [-0.2, -0.15) is 0 Å². The quantitative estimate of drug-likeness (QED) is 0.141. The van der Waals surface area contributed by atoms with Crippen molar-refractivity contribution in [1.82, 2.24) is 10.6 Å². The number of sulfone groups is 1. The molecule has 1 unspecified atom stereocenters. The number of benzene rings is 2. The number of thiocarbonyl (C=S) groups is 1. The molecule has 0 spiro atoms. The van der Waals surface area contributed by atoms with E-state index in [1.54, 1.807) is 0 Å². The number of hydrogen-bond donors (Lipinski definition) is 3. The van der Waals surface area contributed by atoms with Gasteiger partial charge in [0.1, 0.15) is 0 Å². The van der Waals surface area contributed by atoms with E-state index in [1.807, 2.05) is 37.2 Å². The number of fused-ring (bicyclic) bond motifs is 4. The summed E-state index contributed by atoms with van der Waals surface area (Å²) in [6.07, 6.45) is 13.5. The lowest BCUT2D eigenvalue weighted by Crippen LogP contribution is -3.00. The Labute approximate surface area is 307 Å². The smallest absolute Gasteiger partial charge is 0.180 e. The Morgan fingerprint density at radius 1 is 0.958 bits per heavy atom. The largest absolute Gasteiger partial charge is 1.00 e. The molecular formula is C38H60BrN5O2S2. The summed E-state index contributed by atoms with van der Waals surface area (Å²) in [5.41, 5.74) is 3.29. The molecule has 6 rings (SSSR count). The highest BCUT2D eigenvalue weighted by Crippen LogP contribution is 2.41. The van der Waals surface area contributed by atoms with Gasteiger partial charge in [-0.3, -0.25) is 5.32 Å². The zero-order valence-electron chi connectivity index (χ0n) is 29.8. The molecule has 7 nitrogen and oxygen atoms in total. The Hall–Kier alpha value is -1.72. The molecule has 268 valence electrons. The molecule has 4 heterocycles. The minimum Gasteiger partial charge on any atom is -1.00 e. The van der Waals surface area contributed by atoms with E-state index in [-0.39, 0.29) is 28.8 Å². The standard InChI is InChI=1S/C38H59N5O2S2.BrH/c1-5-7-9-20-38(21-10-8-6-2)29-47(44,45)35-16-15-33(42(3)4)28-34(35)36(41-38)31-13-11-14-32(27-31)40-37(46)39-22-12-23-43-24-17-30(18-25-43)19-26-43;/h11,13-16,27-28,30,36,41H,5-10,12,17-26,29H2,1-4H3,(H-,39,40,46);1H.